The van der Waals surface area contributed by atoms with E-state index in [1.54, 1.807) is 12.4 Å². The van der Waals surface area contributed by atoms with Gasteiger partial charge in [0, 0.05) is 12.4 Å². The minimum absolute atomic E-state index is 0. The first-order valence-electron chi connectivity index (χ1n) is 1.85. The molecule has 2 heteroatoms. The summed E-state index contributed by atoms with van der Waals surface area (Å²) in [6.45, 7) is 0. The zero-order chi connectivity index (χ0) is 4.24. The number of nitrogens with zero attached hydrogens (tertiary/aromatic N) is 1. The summed E-state index contributed by atoms with van der Waals surface area (Å²) in [5.41, 5.74) is 0. The number of pyridine rings is 1. The Morgan fingerprint density at radius 1 is 0.857 bits per heavy atom. The van der Waals surface area contributed by atoms with E-state index in [1.807, 2.05) is 18.2 Å². The summed E-state index contributed by atoms with van der Waals surface area (Å²) in [7, 11) is 0. The Balaban J connectivity index is 0.000000360. The maximum absolute atomic E-state index is 3.78. The van der Waals surface area contributed by atoms with E-state index in [0.717, 1.165) is 0 Å². The van der Waals surface area contributed by atoms with Gasteiger partial charge in [0.15, 0.2) is 0 Å². The summed E-state index contributed by atoms with van der Waals surface area (Å²) in [6, 6.07) is 5.72. The van der Waals surface area contributed by atoms with Crippen molar-refractivity contribution < 1.29 is 21.7 Å². The Kier molecular flexibility index (Phi) is 3.96. The van der Waals surface area contributed by atoms with E-state index in [9.17, 15) is 0 Å². The SMILES string of the molecule is [Ti+4].c1ccncc1. The van der Waals surface area contributed by atoms with Crippen molar-refractivity contribution in [2.45, 2.75) is 0 Å². The van der Waals surface area contributed by atoms with Crippen LogP contribution in [0.2, 0.25) is 0 Å². The van der Waals surface area contributed by atoms with E-state index in [2.05, 4.69) is 4.98 Å². The van der Waals surface area contributed by atoms with Crippen LogP contribution >= 0.6 is 0 Å². The molecule has 0 aromatic carbocycles. The van der Waals surface area contributed by atoms with Crippen molar-refractivity contribution in [1.82, 2.24) is 4.98 Å². The third-order valence-corrected chi connectivity index (χ3v) is 0.566. The minimum Gasteiger partial charge on any atom is -0.265 e. The largest absolute Gasteiger partial charge is 4.00 e. The topological polar surface area (TPSA) is 12.9 Å². The van der Waals surface area contributed by atoms with Gasteiger partial charge in [-0.05, 0) is 12.1 Å². The van der Waals surface area contributed by atoms with Crippen LogP contribution in [-0.4, -0.2) is 4.98 Å². The van der Waals surface area contributed by atoms with E-state index in [0.29, 0.717) is 0 Å². The molecule has 0 fully saturated rings. The fraction of sp³-hybridized carbons (Fsp3) is 0. The molecule has 0 atom stereocenters. The molecule has 1 aromatic rings. The molecule has 0 saturated carbocycles. The smallest absolute Gasteiger partial charge is 0.265 e. The van der Waals surface area contributed by atoms with Crippen molar-refractivity contribution in [2.75, 3.05) is 0 Å². The number of aromatic nitrogens is 1. The second-order valence-corrected chi connectivity index (χ2v) is 1.02. The Hall–Kier alpha value is -0.136. The monoisotopic (exact) mass is 127 g/mol. The summed E-state index contributed by atoms with van der Waals surface area (Å²) in [6.07, 6.45) is 3.50. The second-order valence-electron chi connectivity index (χ2n) is 1.02. The van der Waals surface area contributed by atoms with Crippen molar-refractivity contribution in [3.05, 3.63) is 30.6 Å². The molecule has 1 aromatic heterocycles. The first kappa shape index (κ1) is 6.86. The fourth-order valence-electron chi connectivity index (χ4n) is 0.313. The van der Waals surface area contributed by atoms with Crippen LogP contribution in [0, 0.1) is 0 Å². The molecule has 0 aliphatic heterocycles. The summed E-state index contributed by atoms with van der Waals surface area (Å²) >= 11 is 0. The van der Waals surface area contributed by atoms with Crippen LogP contribution in [0.1, 0.15) is 0 Å². The molecule has 0 aliphatic carbocycles. The zero-order valence-electron chi connectivity index (χ0n) is 3.83. The average molecular weight is 127 g/mol. The summed E-state index contributed by atoms with van der Waals surface area (Å²) in [5, 5.41) is 0. The maximum Gasteiger partial charge on any atom is 4.00 e. The third-order valence-electron chi connectivity index (χ3n) is 0.566. The van der Waals surface area contributed by atoms with Crippen LogP contribution < -0.4 is 0 Å². The number of rotatable bonds is 0. The van der Waals surface area contributed by atoms with Crippen molar-refractivity contribution in [1.29, 1.82) is 0 Å². The van der Waals surface area contributed by atoms with Crippen molar-refractivity contribution in [3.63, 3.8) is 0 Å². The van der Waals surface area contributed by atoms with Crippen LogP contribution in [0.3, 0.4) is 0 Å². The Labute approximate surface area is 57.7 Å². The van der Waals surface area contributed by atoms with E-state index >= 15 is 0 Å². The van der Waals surface area contributed by atoms with Crippen molar-refractivity contribution >= 4 is 0 Å². The van der Waals surface area contributed by atoms with E-state index in [4.69, 9.17) is 0 Å². The average Bonchev–Trinajstić information content (AvgIpc) is 1.72. The molecule has 1 heterocycles. The van der Waals surface area contributed by atoms with Crippen LogP contribution in [0.5, 0.6) is 0 Å². The van der Waals surface area contributed by atoms with Gasteiger partial charge in [0.05, 0.1) is 0 Å². The molecule has 0 radical (unpaired) electrons. The van der Waals surface area contributed by atoms with Gasteiger partial charge in [0.25, 0.3) is 0 Å². The number of hydrogen-bond donors (Lipinski definition) is 0. The molecule has 1 rings (SSSR count). The number of hydrogen-bond acceptors (Lipinski definition) is 1. The fourth-order valence-corrected chi connectivity index (χ4v) is 0.313. The van der Waals surface area contributed by atoms with Gasteiger partial charge in [-0.3, -0.25) is 4.98 Å². The van der Waals surface area contributed by atoms with Crippen LogP contribution in [0.25, 0.3) is 0 Å². The Morgan fingerprint density at radius 3 is 1.57 bits per heavy atom. The summed E-state index contributed by atoms with van der Waals surface area (Å²) in [4.78, 5) is 3.78. The molecule has 0 spiro atoms. The van der Waals surface area contributed by atoms with Gasteiger partial charge >= 0.3 is 21.7 Å². The predicted molar refractivity (Wildman–Crippen MR) is 24.2 cm³/mol. The molecule has 0 unspecified atom stereocenters. The van der Waals surface area contributed by atoms with E-state index < -0.39 is 0 Å². The van der Waals surface area contributed by atoms with Gasteiger partial charge in [-0.15, -0.1) is 0 Å². The van der Waals surface area contributed by atoms with Gasteiger partial charge in [0.2, 0.25) is 0 Å². The Bertz CT molecular complexity index is 80.0. The molecule has 0 N–H and O–H groups in total. The first-order valence-corrected chi connectivity index (χ1v) is 1.85. The minimum atomic E-state index is 0. The van der Waals surface area contributed by atoms with Crippen LogP contribution in [0.15, 0.2) is 30.6 Å². The van der Waals surface area contributed by atoms with E-state index in [1.165, 1.54) is 0 Å². The van der Waals surface area contributed by atoms with Crippen LogP contribution in [0.4, 0.5) is 0 Å². The third kappa shape index (κ3) is 2.55. The summed E-state index contributed by atoms with van der Waals surface area (Å²) in [5.74, 6) is 0. The second kappa shape index (κ2) is 4.03. The van der Waals surface area contributed by atoms with Crippen LogP contribution in [-0.2, 0) is 21.7 Å². The van der Waals surface area contributed by atoms with Gasteiger partial charge in [0.1, 0.15) is 0 Å². The zero-order valence-corrected chi connectivity index (χ0v) is 5.40. The van der Waals surface area contributed by atoms with Crippen molar-refractivity contribution in [3.8, 4) is 0 Å². The van der Waals surface area contributed by atoms with Gasteiger partial charge in [-0.2, -0.15) is 0 Å². The molecule has 30 valence electrons. The van der Waals surface area contributed by atoms with Gasteiger partial charge < -0.3 is 0 Å². The molecule has 7 heavy (non-hydrogen) atoms. The molecular weight excluding hydrogens is 122 g/mol. The molecular formula is C5H5NTi+4. The normalized spacial score (nSPS) is 6.86. The quantitative estimate of drug-likeness (QED) is 0.475. The molecule has 0 saturated heterocycles. The molecule has 1 nitrogen and oxygen atoms in total. The van der Waals surface area contributed by atoms with Gasteiger partial charge in [-0.25, -0.2) is 0 Å². The predicted octanol–water partition coefficient (Wildman–Crippen LogP) is 1.08. The standard InChI is InChI=1S/C5H5N.Ti/c1-2-4-6-5-3-1;/h1-5H;/q;+4. The first-order chi connectivity index (χ1) is 3.00. The van der Waals surface area contributed by atoms with Crippen molar-refractivity contribution in [2.24, 2.45) is 0 Å². The summed E-state index contributed by atoms with van der Waals surface area (Å²) < 4.78 is 0. The Morgan fingerprint density at radius 2 is 1.43 bits per heavy atom. The molecule has 0 bridgehead atoms. The van der Waals surface area contributed by atoms with Gasteiger partial charge in [-0.1, -0.05) is 6.07 Å². The molecule has 0 amide bonds. The van der Waals surface area contributed by atoms with E-state index in [-0.39, 0.29) is 21.7 Å². The maximum atomic E-state index is 3.78. The molecule has 0 aliphatic rings.